The maximum atomic E-state index is 11.7. The molecule has 18 heavy (non-hydrogen) atoms. The van der Waals surface area contributed by atoms with Crippen molar-refractivity contribution in [2.75, 3.05) is 18.1 Å². The van der Waals surface area contributed by atoms with Gasteiger partial charge in [0.25, 0.3) is 0 Å². The van der Waals surface area contributed by atoms with Crippen LogP contribution in [-0.4, -0.2) is 49.5 Å². The van der Waals surface area contributed by atoms with Crippen LogP contribution in [0.2, 0.25) is 0 Å². The zero-order valence-corrected chi connectivity index (χ0v) is 11.7. The van der Waals surface area contributed by atoms with Crippen molar-refractivity contribution in [3.63, 3.8) is 0 Å². The Balaban J connectivity index is 1.74. The summed E-state index contributed by atoms with van der Waals surface area (Å²) in [6.45, 7) is 1.05. The summed E-state index contributed by atoms with van der Waals surface area (Å²) in [6.07, 6.45) is 7.82. The molecule has 1 aliphatic carbocycles. The lowest BCUT2D eigenvalue weighted by Crippen LogP contribution is -2.50. The van der Waals surface area contributed by atoms with Crippen molar-refractivity contribution in [2.24, 2.45) is 11.7 Å². The minimum atomic E-state index is -2.90. The fourth-order valence-electron chi connectivity index (χ4n) is 4.27. The molecule has 3 fully saturated rings. The highest BCUT2D eigenvalue weighted by molar-refractivity contribution is 7.91. The van der Waals surface area contributed by atoms with Crippen LogP contribution in [-0.2, 0) is 9.84 Å². The number of nitrogens with zero attached hydrogens (tertiary/aromatic N) is 1. The van der Waals surface area contributed by atoms with Crippen LogP contribution in [0.3, 0.4) is 0 Å². The van der Waals surface area contributed by atoms with Gasteiger partial charge in [0.15, 0.2) is 9.84 Å². The van der Waals surface area contributed by atoms with Gasteiger partial charge in [0.2, 0.25) is 0 Å². The first-order valence-corrected chi connectivity index (χ1v) is 9.11. The lowest BCUT2D eigenvalue weighted by molar-refractivity contribution is 0.137. The normalized spacial score (nSPS) is 41.7. The maximum absolute atomic E-state index is 11.7. The van der Waals surface area contributed by atoms with Crippen molar-refractivity contribution in [3.05, 3.63) is 0 Å². The van der Waals surface area contributed by atoms with Gasteiger partial charge < -0.3 is 5.73 Å². The standard InChI is InChI=1S/C13H24N2O2S/c14-11-8-18(16,17)9-13(11)15-7-3-6-12(15)10-4-1-2-5-10/h10-13H,1-9,14H2. The average Bonchev–Trinajstić information content (AvgIpc) is 2.97. The Morgan fingerprint density at radius 3 is 2.28 bits per heavy atom. The van der Waals surface area contributed by atoms with Gasteiger partial charge in [0.1, 0.15) is 0 Å². The molecule has 2 N–H and O–H groups in total. The van der Waals surface area contributed by atoms with Crippen LogP contribution in [0.15, 0.2) is 0 Å². The summed E-state index contributed by atoms with van der Waals surface area (Å²) < 4.78 is 23.5. The molecule has 3 atom stereocenters. The number of hydrogen-bond donors (Lipinski definition) is 1. The number of sulfone groups is 1. The van der Waals surface area contributed by atoms with E-state index in [-0.39, 0.29) is 23.6 Å². The zero-order chi connectivity index (χ0) is 12.8. The second kappa shape index (κ2) is 4.76. The molecule has 3 unspecified atom stereocenters. The van der Waals surface area contributed by atoms with E-state index in [2.05, 4.69) is 4.90 Å². The molecule has 3 aliphatic rings. The van der Waals surface area contributed by atoms with E-state index in [0.29, 0.717) is 6.04 Å². The molecule has 0 aromatic carbocycles. The van der Waals surface area contributed by atoms with Crippen LogP contribution in [0, 0.1) is 5.92 Å². The van der Waals surface area contributed by atoms with Crippen molar-refractivity contribution in [1.82, 2.24) is 4.90 Å². The van der Waals surface area contributed by atoms with Crippen LogP contribution in [0.1, 0.15) is 38.5 Å². The molecule has 2 heterocycles. The molecule has 0 spiro atoms. The first-order chi connectivity index (χ1) is 8.57. The third-order valence-electron chi connectivity index (χ3n) is 5.08. The molecule has 104 valence electrons. The topological polar surface area (TPSA) is 63.4 Å². The molecule has 2 saturated heterocycles. The summed E-state index contributed by atoms with van der Waals surface area (Å²) in [7, 11) is -2.90. The fraction of sp³-hybridized carbons (Fsp3) is 1.00. The van der Waals surface area contributed by atoms with E-state index < -0.39 is 9.84 Å². The summed E-state index contributed by atoms with van der Waals surface area (Å²) in [5.74, 6) is 1.27. The minimum absolute atomic E-state index is 0.0862. The maximum Gasteiger partial charge on any atom is 0.153 e. The van der Waals surface area contributed by atoms with Crippen molar-refractivity contribution in [1.29, 1.82) is 0 Å². The summed E-state index contributed by atoms with van der Waals surface area (Å²) >= 11 is 0. The SMILES string of the molecule is NC1CS(=O)(=O)CC1N1CCCC1C1CCCC1. The van der Waals surface area contributed by atoms with E-state index in [1.165, 1.54) is 38.5 Å². The van der Waals surface area contributed by atoms with Gasteiger partial charge in [0, 0.05) is 18.1 Å². The lowest BCUT2D eigenvalue weighted by Gasteiger charge is -2.35. The van der Waals surface area contributed by atoms with Gasteiger partial charge in [-0.1, -0.05) is 12.8 Å². The quantitative estimate of drug-likeness (QED) is 0.806. The Morgan fingerprint density at radius 2 is 1.67 bits per heavy atom. The first-order valence-electron chi connectivity index (χ1n) is 7.28. The highest BCUT2D eigenvalue weighted by atomic mass is 32.2. The molecule has 2 aliphatic heterocycles. The van der Waals surface area contributed by atoms with Crippen molar-refractivity contribution < 1.29 is 8.42 Å². The van der Waals surface area contributed by atoms with E-state index >= 15 is 0 Å². The van der Waals surface area contributed by atoms with Crippen molar-refractivity contribution in [3.8, 4) is 0 Å². The van der Waals surface area contributed by atoms with Gasteiger partial charge in [-0.25, -0.2) is 8.42 Å². The Kier molecular flexibility index (Phi) is 3.41. The van der Waals surface area contributed by atoms with E-state index in [4.69, 9.17) is 5.73 Å². The molecular weight excluding hydrogens is 248 g/mol. The fourth-order valence-corrected chi connectivity index (χ4v) is 6.18. The highest BCUT2D eigenvalue weighted by Crippen LogP contribution is 2.37. The number of likely N-dealkylation sites (tertiary alicyclic amines) is 1. The average molecular weight is 272 g/mol. The molecule has 5 heteroatoms. The molecular formula is C13H24N2O2S. The molecule has 0 radical (unpaired) electrons. The molecule has 0 aromatic rings. The predicted molar refractivity (Wildman–Crippen MR) is 72.1 cm³/mol. The molecule has 0 bridgehead atoms. The third-order valence-corrected chi connectivity index (χ3v) is 6.82. The van der Waals surface area contributed by atoms with Crippen molar-refractivity contribution in [2.45, 2.75) is 56.7 Å². The van der Waals surface area contributed by atoms with E-state index in [1.807, 2.05) is 0 Å². The molecule has 4 nitrogen and oxygen atoms in total. The van der Waals surface area contributed by atoms with Crippen LogP contribution in [0.4, 0.5) is 0 Å². The Bertz CT molecular complexity index is 403. The largest absolute Gasteiger partial charge is 0.325 e. The second-order valence-electron chi connectivity index (χ2n) is 6.30. The summed E-state index contributed by atoms with van der Waals surface area (Å²) in [5.41, 5.74) is 6.07. The Labute approximate surface area is 110 Å². The monoisotopic (exact) mass is 272 g/mol. The predicted octanol–water partition coefficient (Wildman–Crippen LogP) is 0.765. The summed E-state index contributed by atoms with van der Waals surface area (Å²) in [4.78, 5) is 2.45. The van der Waals surface area contributed by atoms with Crippen LogP contribution >= 0.6 is 0 Å². The second-order valence-corrected chi connectivity index (χ2v) is 8.45. The van der Waals surface area contributed by atoms with Crippen LogP contribution in [0.5, 0.6) is 0 Å². The van der Waals surface area contributed by atoms with Crippen LogP contribution < -0.4 is 5.73 Å². The number of nitrogens with two attached hydrogens (primary N) is 1. The molecule has 0 aromatic heterocycles. The van der Waals surface area contributed by atoms with Gasteiger partial charge in [-0.15, -0.1) is 0 Å². The van der Waals surface area contributed by atoms with Gasteiger partial charge in [-0.05, 0) is 38.1 Å². The Hall–Kier alpha value is -0.130. The smallest absolute Gasteiger partial charge is 0.153 e. The van der Waals surface area contributed by atoms with Crippen LogP contribution in [0.25, 0.3) is 0 Å². The third kappa shape index (κ3) is 2.32. The first kappa shape index (κ1) is 12.9. The number of hydrogen-bond acceptors (Lipinski definition) is 4. The highest BCUT2D eigenvalue weighted by Gasteiger charge is 2.44. The molecule has 1 saturated carbocycles. The number of rotatable bonds is 2. The van der Waals surface area contributed by atoms with Gasteiger partial charge in [0.05, 0.1) is 11.5 Å². The summed E-state index contributed by atoms with van der Waals surface area (Å²) in [6, 6.07) is 0.525. The van der Waals surface area contributed by atoms with E-state index in [1.54, 1.807) is 0 Å². The molecule has 3 rings (SSSR count). The van der Waals surface area contributed by atoms with Gasteiger partial charge in [-0.3, -0.25) is 4.90 Å². The lowest BCUT2D eigenvalue weighted by atomic mass is 9.94. The molecule has 0 amide bonds. The Morgan fingerprint density at radius 1 is 0.944 bits per heavy atom. The van der Waals surface area contributed by atoms with Gasteiger partial charge in [-0.2, -0.15) is 0 Å². The minimum Gasteiger partial charge on any atom is -0.325 e. The zero-order valence-electron chi connectivity index (χ0n) is 10.9. The van der Waals surface area contributed by atoms with Gasteiger partial charge >= 0.3 is 0 Å². The van der Waals surface area contributed by atoms with E-state index in [9.17, 15) is 8.42 Å². The summed E-state index contributed by atoms with van der Waals surface area (Å²) in [5, 5.41) is 0. The van der Waals surface area contributed by atoms with Crippen molar-refractivity contribution >= 4 is 9.84 Å². The van der Waals surface area contributed by atoms with E-state index in [0.717, 1.165) is 12.5 Å².